The number of anilines is 2. The summed E-state index contributed by atoms with van der Waals surface area (Å²) in [5.41, 5.74) is 1.90. The highest BCUT2D eigenvalue weighted by Gasteiger charge is 2.07. The van der Waals surface area contributed by atoms with Gasteiger partial charge in [-0.2, -0.15) is 0 Å². The third-order valence-electron chi connectivity index (χ3n) is 3.49. The molecule has 0 heterocycles. The van der Waals surface area contributed by atoms with Gasteiger partial charge in [0.1, 0.15) is 5.75 Å². The average Bonchev–Trinajstić information content (AvgIpc) is 2.56. The lowest BCUT2D eigenvalue weighted by atomic mass is 10.2. The zero-order chi connectivity index (χ0) is 17.5. The first-order valence-corrected chi connectivity index (χ1v) is 7.93. The van der Waals surface area contributed by atoms with E-state index in [0.717, 1.165) is 12.2 Å². The minimum absolute atomic E-state index is 0.133. The van der Waals surface area contributed by atoms with Crippen molar-refractivity contribution in [1.29, 1.82) is 0 Å². The standard InChI is InChI=1S/C19H22N2O3/c1-4-13(2)24-18-11-5-15(6-12-18)19(23)21-17-9-7-16(8-10-17)20-14(3)22/h5-13H,4H2,1-3H3,(H,20,22)(H,21,23)/t13-/m1/s1. The zero-order valence-corrected chi connectivity index (χ0v) is 14.1. The van der Waals surface area contributed by atoms with E-state index < -0.39 is 0 Å². The van der Waals surface area contributed by atoms with E-state index in [2.05, 4.69) is 17.6 Å². The maximum atomic E-state index is 12.2. The molecule has 2 aromatic carbocycles. The number of benzene rings is 2. The van der Waals surface area contributed by atoms with Gasteiger partial charge in [0.25, 0.3) is 5.91 Å². The van der Waals surface area contributed by atoms with Crippen LogP contribution >= 0.6 is 0 Å². The van der Waals surface area contributed by atoms with E-state index in [1.807, 2.05) is 6.92 Å². The second-order valence-corrected chi connectivity index (χ2v) is 5.57. The van der Waals surface area contributed by atoms with E-state index in [0.29, 0.717) is 16.9 Å². The lowest BCUT2D eigenvalue weighted by molar-refractivity contribution is -0.114. The highest BCUT2D eigenvalue weighted by molar-refractivity contribution is 6.04. The summed E-state index contributed by atoms with van der Waals surface area (Å²) in [5.74, 6) is 0.421. The first-order valence-electron chi connectivity index (χ1n) is 7.93. The Morgan fingerprint density at radius 2 is 1.50 bits per heavy atom. The molecule has 0 unspecified atom stereocenters. The number of carbonyl (C=O) groups excluding carboxylic acids is 2. The molecule has 0 aliphatic carbocycles. The Balaban J connectivity index is 1.97. The molecule has 2 aromatic rings. The molecule has 2 rings (SSSR count). The van der Waals surface area contributed by atoms with E-state index in [9.17, 15) is 9.59 Å². The quantitative estimate of drug-likeness (QED) is 0.840. The maximum absolute atomic E-state index is 12.2. The first kappa shape index (κ1) is 17.5. The fraction of sp³-hybridized carbons (Fsp3) is 0.263. The number of carbonyl (C=O) groups is 2. The van der Waals surface area contributed by atoms with Crippen molar-refractivity contribution in [2.45, 2.75) is 33.3 Å². The molecule has 0 aliphatic rings. The first-order chi connectivity index (χ1) is 11.5. The summed E-state index contributed by atoms with van der Waals surface area (Å²) in [4.78, 5) is 23.2. The van der Waals surface area contributed by atoms with Crippen LogP contribution in [0.4, 0.5) is 11.4 Å². The molecule has 0 bridgehead atoms. The number of amides is 2. The van der Waals surface area contributed by atoms with Crippen LogP contribution in [0.2, 0.25) is 0 Å². The summed E-state index contributed by atoms with van der Waals surface area (Å²) in [7, 11) is 0. The summed E-state index contributed by atoms with van der Waals surface area (Å²) in [5, 5.41) is 5.50. The molecule has 5 nitrogen and oxygen atoms in total. The Kier molecular flexibility index (Phi) is 5.95. The van der Waals surface area contributed by atoms with Crippen LogP contribution in [0, 0.1) is 0 Å². The fourth-order valence-electron chi connectivity index (χ4n) is 2.04. The predicted octanol–water partition coefficient (Wildman–Crippen LogP) is 4.07. The van der Waals surface area contributed by atoms with Gasteiger partial charge in [-0.05, 0) is 61.9 Å². The second kappa shape index (κ2) is 8.15. The second-order valence-electron chi connectivity index (χ2n) is 5.57. The van der Waals surface area contributed by atoms with Crippen LogP contribution < -0.4 is 15.4 Å². The Morgan fingerprint density at radius 1 is 0.958 bits per heavy atom. The van der Waals surface area contributed by atoms with Crippen molar-refractivity contribution < 1.29 is 14.3 Å². The molecule has 24 heavy (non-hydrogen) atoms. The molecule has 126 valence electrons. The van der Waals surface area contributed by atoms with E-state index in [1.165, 1.54) is 6.92 Å². The topological polar surface area (TPSA) is 67.4 Å². The molecule has 2 N–H and O–H groups in total. The zero-order valence-electron chi connectivity index (χ0n) is 14.1. The minimum Gasteiger partial charge on any atom is -0.491 e. The van der Waals surface area contributed by atoms with Crippen molar-refractivity contribution >= 4 is 23.2 Å². The molecule has 0 saturated carbocycles. The largest absolute Gasteiger partial charge is 0.491 e. The maximum Gasteiger partial charge on any atom is 0.255 e. The van der Waals surface area contributed by atoms with Crippen LogP contribution in [0.15, 0.2) is 48.5 Å². The summed E-state index contributed by atoms with van der Waals surface area (Å²) in [6, 6.07) is 14.0. The lowest BCUT2D eigenvalue weighted by Crippen LogP contribution is -2.13. The Hall–Kier alpha value is -2.82. The number of hydrogen-bond acceptors (Lipinski definition) is 3. The number of ether oxygens (including phenoxy) is 1. The van der Waals surface area contributed by atoms with Gasteiger partial charge >= 0.3 is 0 Å². The highest BCUT2D eigenvalue weighted by Crippen LogP contribution is 2.17. The van der Waals surface area contributed by atoms with Gasteiger partial charge in [0.05, 0.1) is 6.10 Å². The number of nitrogens with one attached hydrogen (secondary N) is 2. The predicted molar refractivity (Wildman–Crippen MR) is 95.5 cm³/mol. The van der Waals surface area contributed by atoms with Crippen LogP contribution in [0.3, 0.4) is 0 Å². The van der Waals surface area contributed by atoms with Crippen LogP contribution in [0.5, 0.6) is 5.75 Å². The van der Waals surface area contributed by atoms with Crippen molar-refractivity contribution in [2.75, 3.05) is 10.6 Å². The van der Waals surface area contributed by atoms with Gasteiger partial charge < -0.3 is 15.4 Å². The van der Waals surface area contributed by atoms with Gasteiger partial charge in [-0.3, -0.25) is 9.59 Å². The molecule has 2 amide bonds. The average molecular weight is 326 g/mol. The molecule has 0 radical (unpaired) electrons. The van der Waals surface area contributed by atoms with Crippen LogP contribution in [-0.2, 0) is 4.79 Å². The van der Waals surface area contributed by atoms with E-state index in [-0.39, 0.29) is 17.9 Å². The van der Waals surface area contributed by atoms with Gasteiger partial charge in [-0.25, -0.2) is 0 Å². The van der Waals surface area contributed by atoms with Crippen molar-refractivity contribution in [3.63, 3.8) is 0 Å². The molecule has 0 fully saturated rings. The SMILES string of the molecule is CC[C@@H](C)Oc1ccc(C(=O)Nc2ccc(NC(C)=O)cc2)cc1. The Morgan fingerprint density at radius 3 is 2.00 bits per heavy atom. The molecule has 5 heteroatoms. The van der Waals surface area contributed by atoms with E-state index in [1.54, 1.807) is 48.5 Å². The molecule has 1 atom stereocenters. The van der Waals surface area contributed by atoms with Crippen LogP contribution in [0.1, 0.15) is 37.6 Å². The summed E-state index contributed by atoms with van der Waals surface area (Å²) in [6.45, 7) is 5.51. The Bertz CT molecular complexity index is 694. The fourth-order valence-corrected chi connectivity index (χ4v) is 2.04. The summed E-state index contributed by atoms with van der Waals surface area (Å²) >= 11 is 0. The molecule has 0 aliphatic heterocycles. The summed E-state index contributed by atoms with van der Waals surface area (Å²) in [6.07, 6.45) is 1.07. The van der Waals surface area contributed by atoms with Crippen molar-refractivity contribution in [1.82, 2.24) is 0 Å². The molecule has 0 saturated heterocycles. The molecular weight excluding hydrogens is 304 g/mol. The van der Waals surface area contributed by atoms with E-state index in [4.69, 9.17) is 4.74 Å². The van der Waals surface area contributed by atoms with Gasteiger partial charge in [0.2, 0.25) is 5.91 Å². The summed E-state index contributed by atoms with van der Waals surface area (Å²) < 4.78 is 5.70. The van der Waals surface area contributed by atoms with Crippen molar-refractivity contribution in [2.24, 2.45) is 0 Å². The van der Waals surface area contributed by atoms with Crippen molar-refractivity contribution in [3.8, 4) is 5.75 Å². The Labute approximate surface area is 142 Å². The van der Waals surface area contributed by atoms with E-state index >= 15 is 0 Å². The minimum atomic E-state index is -0.197. The normalized spacial score (nSPS) is 11.5. The van der Waals surface area contributed by atoms with Gasteiger partial charge in [-0.1, -0.05) is 6.92 Å². The third-order valence-corrected chi connectivity index (χ3v) is 3.49. The number of rotatable bonds is 6. The van der Waals surface area contributed by atoms with Crippen molar-refractivity contribution in [3.05, 3.63) is 54.1 Å². The van der Waals surface area contributed by atoms with Crippen LogP contribution in [-0.4, -0.2) is 17.9 Å². The molecule has 0 aromatic heterocycles. The molecule has 0 spiro atoms. The number of hydrogen-bond donors (Lipinski definition) is 2. The van der Waals surface area contributed by atoms with Gasteiger partial charge in [-0.15, -0.1) is 0 Å². The molecular formula is C19H22N2O3. The smallest absolute Gasteiger partial charge is 0.255 e. The highest BCUT2D eigenvalue weighted by atomic mass is 16.5. The third kappa shape index (κ3) is 5.12. The van der Waals surface area contributed by atoms with Gasteiger partial charge in [0, 0.05) is 23.9 Å². The monoisotopic (exact) mass is 326 g/mol. The van der Waals surface area contributed by atoms with Gasteiger partial charge in [0.15, 0.2) is 0 Å². The lowest BCUT2D eigenvalue weighted by Gasteiger charge is -2.12. The van der Waals surface area contributed by atoms with Crippen LogP contribution in [0.25, 0.3) is 0 Å².